The van der Waals surface area contributed by atoms with Gasteiger partial charge in [-0.25, -0.2) is 0 Å². The lowest BCUT2D eigenvalue weighted by Gasteiger charge is -2.45. The maximum atomic E-state index is 12.6. The fraction of sp³-hybridized carbons (Fsp3) is 0.529. The van der Waals surface area contributed by atoms with Crippen LogP contribution in [0.5, 0.6) is 0 Å². The third-order valence-corrected chi connectivity index (χ3v) is 4.80. The Kier molecular flexibility index (Phi) is 4.52. The van der Waals surface area contributed by atoms with Gasteiger partial charge in [0.1, 0.15) is 6.04 Å². The third-order valence-electron chi connectivity index (χ3n) is 4.80. The number of hydrogen-bond donors (Lipinski definition) is 0. The number of rotatable bonds is 3. The maximum absolute atomic E-state index is 12.6. The predicted molar refractivity (Wildman–Crippen MR) is 89.3 cm³/mol. The van der Waals surface area contributed by atoms with E-state index in [0.29, 0.717) is 19.6 Å². The summed E-state index contributed by atoms with van der Waals surface area (Å²) >= 11 is 0. The summed E-state index contributed by atoms with van der Waals surface area (Å²) < 4.78 is 0. The van der Waals surface area contributed by atoms with E-state index >= 15 is 0 Å². The Morgan fingerprint density at radius 2 is 1.87 bits per heavy atom. The molecule has 6 nitrogen and oxygen atoms in total. The zero-order valence-electron chi connectivity index (χ0n) is 13.8. The van der Waals surface area contributed by atoms with Crippen molar-refractivity contribution in [1.29, 1.82) is 0 Å². The molecule has 1 atom stereocenters. The smallest absolute Gasteiger partial charge is 0.242 e. The van der Waals surface area contributed by atoms with E-state index in [1.165, 1.54) is 0 Å². The number of hydrogen-bond acceptors (Lipinski definition) is 4. The van der Waals surface area contributed by atoms with Crippen LogP contribution in [0.1, 0.15) is 0 Å². The van der Waals surface area contributed by atoms with Crippen LogP contribution < -0.4 is 4.90 Å². The van der Waals surface area contributed by atoms with Gasteiger partial charge in [0.2, 0.25) is 11.8 Å². The Morgan fingerprint density at radius 1 is 1.17 bits per heavy atom. The van der Waals surface area contributed by atoms with Gasteiger partial charge < -0.3 is 14.7 Å². The molecule has 1 aromatic carbocycles. The number of nitrogens with zero attached hydrogens (tertiary/aromatic N) is 4. The second-order valence-corrected chi connectivity index (χ2v) is 6.34. The molecule has 1 aromatic rings. The fourth-order valence-corrected chi connectivity index (χ4v) is 3.27. The Hall–Kier alpha value is -2.08. The molecule has 0 spiro atoms. The summed E-state index contributed by atoms with van der Waals surface area (Å²) in [5.74, 6) is 0.210. The molecular weight excluding hydrogens is 292 g/mol. The predicted octanol–water partition coefficient (Wildman–Crippen LogP) is 0.108. The van der Waals surface area contributed by atoms with Crippen LogP contribution >= 0.6 is 0 Å². The monoisotopic (exact) mass is 316 g/mol. The number of amides is 2. The van der Waals surface area contributed by atoms with Crippen LogP contribution in [0.2, 0.25) is 0 Å². The van der Waals surface area contributed by atoms with E-state index in [9.17, 15) is 9.59 Å². The third kappa shape index (κ3) is 3.32. The molecule has 23 heavy (non-hydrogen) atoms. The number of anilines is 1. The number of carbonyl (C=O) groups is 2. The van der Waals surface area contributed by atoms with Gasteiger partial charge in [0.25, 0.3) is 0 Å². The highest BCUT2D eigenvalue weighted by atomic mass is 16.2. The van der Waals surface area contributed by atoms with Crippen LogP contribution in [-0.2, 0) is 9.59 Å². The quantitative estimate of drug-likeness (QED) is 0.794. The molecule has 2 fully saturated rings. The average Bonchev–Trinajstić information content (AvgIpc) is 2.58. The Labute approximate surface area is 137 Å². The second-order valence-electron chi connectivity index (χ2n) is 6.34. The van der Waals surface area contributed by atoms with Crippen molar-refractivity contribution in [2.75, 3.05) is 58.3 Å². The van der Waals surface area contributed by atoms with Gasteiger partial charge in [-0.1, -0.05) is 18.2 Å². The first kappa shape index (κ1) is 15.8. The van der Waals surface area contributed by atoms with Crippen LogP contribution in [0.3, 0.4) is 0 Å². The summed E-state index contributed by atoms with van der Waals surface area (Å²) in [4.78, 5) is 32.6. The Balaban J connectivity index is 1.61. The SMILES string of the molecule is CN1CCN2CCN(C(=O)CN(C)c3ccccc3)C[C@@H]2C1=O. The van der Waals surface area contributed by atoms with Crippen molar-refractivity contribution >= 4 is 17.5 Å². The number of benzene rings is 1. The molecule has 124 valence electrons. The lowest BCUT2D eigenvalue weighted by Crippen LogP contribution is -2.65. The van der Waals surface area contributed by atoms with Gasteiger partial charge in [-0.2, -0.15) is 0 Å². The highest BCUT2D eigenvalue weighted by Crippen LogP contribution is 2.17. The van der Waals surface area contributed by atoms with E-state index in [-0.39, 0.29) is 17.9 Å². The molecular formula is C17H24N4O2. The van der Waals surface area contributed by atoms with Gasteiger partial charge in [-0.3, -0.25) is 14.5 Å². The molecule has 0 N–H and O–H groups in total. The summed E-state index contributed by atoms with van der Waals surface area (Å²) in [6, 6.07) is 9.70. The minimum absolute atomic E-state index is 0.0806. The molecule has 2 heterocycles. The molecule has 2 saturated heterocycles. The molecule has 2 aliphatic heterocycles. The first-order valence-electron chi connectivity index (χ1n) is 8.09. The van der Waals surface area contributed by atoms with E-state index in [0.717, 1.165) is 25.3 Å². The van der Waals surface area contributed by atoms with Crippen molar-refractivity contribution in [3.8, 4) is 0 Å². The van der Waals surface area contributed by atoms with E-state index in [4.69, 9.17) is 0 Å². The number of carbonyl (C=O) groups excluding carboxylic acids is 2. The van der Waals surface area contributed by atoms with E-state index < -0.39 is 0 Å². The maximum Gasteiger partial charge on any atom is 0.242 e. The molecule has 6 heteroatoms. The van der Waals surface area contributed by atoms with Crippen LogP contribution in [-0.4, -0.2) is 85.9 Å². The van der Waals surface area contributed by atoms with Gasteiger partial charge in [0, 0.05) is 52.5 Å². The van der Waals surface area contributed by atoms with Gasteiger partial charge >= 0.3 is 0 Å². The summed E-state index contributed by atoms with van der Waals surface area (Å²) in [6.07, 6.45) is 0. The molecule has 0 saturated carbocycles. The normalized spacial score (nSPS) is 22.0. The van der Waals surface area contributed by atoms with Crippen molar-refractivity contribution in [2.24, 2.45) is 0 Å². The molecule has 0 radical (unpaired) electrons. The molecule has 0 unspecified atom stereocenters. The molecule has 0 bridgehead atoms. The lowest BCUT2D eigenvalue weighted by atomic mass is 10.1. The minimum atomic E-state index is -0.173. The van der Waals surface area contributed by atoms with Gasteiger partial charge in [0.15, 0.2) is 0 Å². The molecule has 0 aliphatic carbocycles. The van der Waals surface area contributed by atoms with Crippen LogP contribution in [0.25, 0.3) is 0 Å². The molecule has 2 amide bonds. The van der Waals surface area contributed by atoms with E-state index in [2.05, 4.69) is 4.90 Å². The highest BCUT2D eigenvalue weighted by molar-refractivity contribution is 5.85. The highest BCUT2D eigenvalue weighted by Gasteiger charge is 2.38. The van der Waals surface area contributed by atoms with Crippen LogP contribution in [0.15, 0.2) is 30.3 Å². The molecule has 3 rings (SSSR count). The number of para-hydroxylation sites is 1. The van der Waals surface area contributed by atoms with Gasteiger partial charge in [-0.15, -0.1) is 0 Å². The van der Waals surface area contributed by atoms with Crippen LogP contribution in [0.4, 0.5) is 5.69 Å². The fourth-order valence-electron chi connectivity index (χ4n) is 3.27. The Morgan fingerprint density at radius 3 is 2.61 bits per heavy atom. The number of fused-ring (bicyclic) bond motifs is 1. The van der Waals surface area contributed by atoms with Gasteiger partial charge in [-0.05, 0) is 12.1 Å². The summed E-state index contributed by atoms with van der Waals surface area (Å²) in [5, 5.41) is 0. The zero-order valence-corrected chi connectivity index (χ0v) is 13.8. The Bertz CT molecular complexity index is 577. The van der Waals surface area contributed by atoms with E-state index in [1.54, 1.807) is 4.90 Å². The lowest BCUT2D eigenvalue weighted by molar-refractivity contribution is -0.146. The van der Waals surface area contributed by atoms with Crippen molar-refractivity contribution in [2.45, 2.75) is 6.04 Å². The number of piperazine rings is 2. The first-order valence-corrected chi connectivity index (χ1v) is 8.09. The number of likely N-dealkylation sites (N-methyl/N-ethyl adjacent to an activating group) is 2. The summed E-state index contributed by atoms with van der Waals surface area (Å²) in [7, 11) is 3.76. The average molecular weight is 316 g/mol. The van der Waals surface area contributed by atoms with Crippen molar-refractivity contribution < 1.29 is 9.59 Å². The minimum Gasteiger partial charge on any atom is -0.365 e. The van der Waals surface area contributed by atoms with Gasteiger partial charge in [0.05, 0.1) is 6.54 Å². The summed E-state index contributed by atoms with van der Waals surface area (Å²) in [6.45, 7) is 4.00. The standard InChI is InChI=1S/C17H24N4O2/c1-18-8-9-20-10-11-21(12-15(20)17(18)23)16(22)13-19(2)14-6-4-3-5-7-14/h3-7,15H,8-13H2,1-2H3/t15-/m1/s1. The first-order chi connectivity index (χ1) is 11.1. The molecule has 0 aromatic heterocycles. The summed E-state index contributed by atoms with van der Waals surface area (Å²) in [5.41, 5.74) is 1.02. The van der Waals surface area contributed by atoms with Crippen molar-refractivity contribution in [3.05, 3.63) is 30.3 Å². The van der Waals surface area contributed by atoms with E-state index in [1.807, 2.05) is 54.2 Å². The second kappa shape index (κ2) is 6.58. The van der Waals surface area contributed by atoms with Crippen LogP contribution in [0, 0.1) is 0 Å². The zero-order chi connectivity index (χ0) is 16.4. The van der Waals surface area contributed by atoms with Crippen molar-refractivity contribution in [3.63, 3.8) is 0 Å². The molecule has 2 aliphatic rings. The topological polar surface area (TPSA) is 47.1 Å². The van der Waals surface area contributed by atoms with Crippen molar-refractivity contribution in [1.82, 2.24) is 14.7 Å². The largest absolute Gasteiger partial charge is 0.365 e.